The van der Waals surface area contributed by atoms with Gasteiger partial charge < -0.3 is 25.8 Å². The first kappa shape index (κ1) is 23.5. The van der Waals surface area contributed by atoms with E-state index in [1.54, 1.807) is 4.90 Å². The first-order valence-electron chi connectivity index (χ1n) is 12.2. The molecule has 1 aromatic rings. The lowest BCUT2D eigenvalue weighted by Gasteiger charge is -2.49. The molecule has 3 N–H and O–H groups in total. The first-order chi connectivity index (χ1) is 15.9. The summed E-state index contributed by atoms with van der Waals surface area (Å²) in [6, 6.07) is 10.5. The van der Waals surface area contributed by atoms with Crippen LogP contribution in [0.15, 0.2) is 30.3 Å². The van der Waals surface area contributed by atoms with Crippen molar-refractivity contribution in [1.29, 1.82) is 0 Å². The van der Waals surface area contributed by atoms with Crippen molar-refractivity contribution >= 4 is 17.8 Å². The van der Waals surface area contributed by atoms with Crippen LogP contribution in [0.25, 0.3) is 0 Å². The number of benzene rings is 1. The Morgan fingerprint density at radius 3 is 2.30 bits per heavy atom. The molecule has 0 bridgehead atoms. The topological polar surface area (TPSA) is 93.8 Å². The van der Waals surface area contributed by atoms with Gasteiger partial charge in [-0.25, -0.2) is 4.79 Å². The maximum Gasteiger partial charge on any atom is 0.321 e. The molecule has 8 heteroatoms. The summed E-state index contributed by atoms with van der Waals surface area (Å²) in [5, 5.41) is 8.70. The second-order valence-corrected chi connectivity index (χ2v) is 9.92. The number of nitrogens with one attached hydrogen (secondary N) is 3. The Morgan fingerprint density at radius 2 is 1.73 bits per heavy atom. The minimum absolute atomic E-state index is 0.00536. The molecule has 1 saturated heterocycles. The van der Waals surface area contributed by atoms with Crippen molar-refractivity contribution in [3.8, 4) is 0 Å². The van der Waals surface area contributed by atoms with E-state index in [1.165, 1.54) is 31.9 Å². The molecule has 4 rings (SSSR count). The molecule has 33 heavy (non-hydrogen) atoms. The monoisotopic (exact) mass is 455 g/mol. The van der Waals surface area contributed by atoms with E-state index in [2.05, 4.69) is 45.1 Å². The average molecular weight is 456 g/mol. The van der Waals surface area contributed by atoms with Crippen molar-refractivity contribution in [1.82, 2.24) is 25.8 Å². The minimum Gasteiger partial charge on any atom is -0.358 e. The lowest BCUT2D eigenvalue weighted by atomic mass is 9.68. The van der Waals surface area contributed by atoms with Gasteiger partial charge in [0.2, 0.25) is 11.8 Å². The number of amides is 4. The predicted octanol–water partition coefficient (Wildman–Crippen LogP) is 1.81. The summed E-state index contributed by atoms with van der Waals surface area (Å²) in [5.41, 5.74) is 0.974. The van der Waals surface area contributed by atoms with E-state index in [-0.39, 0.29) is 42.0 Å². The van der Waals surface area contributed by atoms with Crippen LogP contribution in [0, 0.1) is 5.92 Å². The van der Waals surface area contributed by atoms with Crippen molar-refractivity contribution in [2.24, 2.45) is 5.92 Å². The summed E-state index contributed by atoms with van der Waals surface area (Å²) in [6.45, 7) is 1.28. The van der Waals surface area contributed by atoms with Crippen LogP contribution < -0.4 is 16.0 Å². The fourth-order valence-corrected chi connectivity index (χ4v) is 5.72. The highest BCUT2D eigenvalue weighted by Crippen LogP contribution is 2.47. The molecule has 0 aromatic heterocycles. The van der Waals surface area contributed by atoms with Gasteiger partial charge in [0, 0.05) is 25.7 Å². The van der Waals surface area contributed by atoms with Gasteiger partial charge in [0.05, 0.1) is 12.1 Å². The largest absolute Gasteiger partial charge is 0.358 e. The van der Waals surface area contributed by atoms with Gasteiger partial charge >= 0.3 is 6.03 Å². The van der Waals surface area contributed by atoms with E-state index in [0.717, 1.165) is 32.2 Å². The summed E-state index contributed by atoms with van der Waals surface area (Å²) in [7, 11) is 3.56. The Kier molecular flexibility index (Phi) is 6.93. The summed E-state index contributed by atoms with van der Waals surface area (Å²) >= 11 is 0. The van der Waals surface area contributed by atoms with Crippen molar-refractivity contribution in [2.45, 2.75) is 56.0 Å². The Hall–Kier alpha value is -2.61. The highest BCUT2D eigenvalue weighted by atomic mass is 16.2. The highest BCUT2D eigenvalue weighted by Gasteiger charge is 2.54. The Bertz CT molecular complexity index is 862. The van der Waals surface area contributed by atoms with Crippen LogP contribution in [0.3, 0.4) is 0 Å². The van der Waals surface area contributed by atoms with Gasteiger partial charge in [-0.2, -0.15) is 0 Å². The van der Waals surface area contributed by atoms with Crippen LogP contribution in [-0.4, -0.2) is 73.5 Å². The molecule has 1 aliphatic heterocycles. The van der Waals surface area contributed by atoms with E-state index in [4.69, 9.17) is 0 Å². The second-order valence-electron chi connectivity index (χ2n) is 9.92. The highest BCUT2D eigenvalue weighted by molar-refractivity contribution is 5.88. The molecule has 0 unspecified atom stereocenters. The van der Waals surface area contributed by atoms with Crippen LogP contribution in [0.1, 0.15) is 50.5 Å². The number of carbonyl (C=O) groups excluding carboxylic acids is 3. The maximum atomic E-state index is 13.5. The number of carbonyl (C=O) groups is 3. The third-order valence-electron chi connectivity index (χ3n) is 8.12. The molecule has 180 valence electrons. The van der Waals surface area contributed by atoms with E-state index in [1.807, 2.05) is 13.1 Å². The van der Waals surface area contributed by atoms with Crippen LogP contribution in [0.2, 0.25) is 0 Å². The number of hydrogen-bond donors (Lipinski definition) is 3. The molecule has 1 spiro atoms. The zero-order valence-electron chi connectivity index (χ0n) is 19.9. The molecule has 1 aromatic carbocycles. The van der Waals surface area contributed by atoms with E-state index < -0.39 is 0 Å². The molecular weight excluding hydrogens is 418 g/mol. The maximum absolute atomic E-state index is 13.5. The molecule has 4 amide bonds. The van der Waals surface area contributed by atoms with Crippen LogP contribution in [0.4, 0.5) is 4.79 Å². The molecule has 2 saturated carbocycles. The first-order valence-corrected chi connectivity index (χ1v) is 12.2. The normalized spacial score (nSPS) is 27.5. The van der Waals surface area contributed by atoms with Gasteiger partial charge in [-0.3, -0.25) is 9.59 Å². The van der Waals surface area contributed by atoms with Crippen molar-refractivity contribution in [3.63, 3.8) is 0 Å². The smallest absolute Gasteiger partial charge is 0.321 e. The molecule has 0 atom stereocenters. The zero-order chi connectivity index (χ0) is 23.5. The summed E-state index contributed by atoms with van der Waals surface area (Å²) in [4.78, 5) is 41.2. The molecular formula is C25H37N5O3. The number of hydrogen-bond acceptors (Lipinski definition) is 4. The molecule has 0 radical (unpaired) electrons. The second kappa shape index (κ2) is 9.71. The molecule has 8 nitrogen and oxygen atoms in total. The predicted molar refractivity (Wildman–Crippen MR) is 126 cm³/mol. The number of urea groups is 1. The Balaban J connectivity index is 1.48. The standard InChI is InChI=1S/C25H37N5O3/c1-26-21(31)15-28-22(32)17-29-18-24(30(23(29)33)16-19-7-6-8-19)11-13-25(27-2,14-12-24)20-9-4-3-5-10-20/h3-5,9-10,19,27H,6-8,11-18H2,1-2H3,(H,26,31)(H,28,32). The minimum atomic E-state index is -0.294. The molecule has 3 aliphatic rings. The van der Waals surface area contributed by atoms with Crippen molar-refractivity contribution in [3.05, 3.63) is 35.9 Å². The third-order valence-corrected chi connectivity index (χ3v) is 8.12. The van der Waals surface area contributed by atoms with E-state index in [0.29, 0.717) is 12.5 Å². The summed E-state index contributed by atoms with van der Waals surface area (Å²) in [6.07, 6.45) is 7.28. The van der Waals surface area contributed by atoms with Crippen LogP contribution >= 0.6 is 0 Å². The van der Waals surface area contributed by atoms with Gasteiger partial charge in [-0.05, 0) is 57.1 Å². The van der Waals surface area contributed by atoms with Gasteiger partial charge in [0.15, 0.2) is 0 Å². The number of likely N-dealkylation sites (N-methyl/N-ethyl adjacent to an activating group) is 1. The van der Waals surface area contributed by atoms with Gasteiger partial charge in [-0.15, -0.1) is 0 Å². The molecule has 1 heterocycles. The van der Waals surface area contributed by atoms with Crippen LogP contribution in [0.5, 0.6) is 0 Å². The average Bonchev–Trinajstić information content (AvgIpc) is 3.06. The fraction of sp³-hybridized carbons (Fsp3) is 0.640. The number of rotatable bonds is 8. The Labute approximate surface area is 196 Å². The molecule has 2 aliphatic carbocycles. The van der Waals surface area contributed by atoms with Gasteiger partial charge in [0.25, 0.3) is 0 Å². The quantitative estimate of drug-likeness (QED) is 0.557. The zero-order valence-corrected chi connectivity index (χ0v) is 19.9. The Morgan fingerprint density at radius 1 is 1.03 bits per heavy atom. The molecule has 3 fully saturated rings. The number of nitrogens with zero attached hydrogens (tertiary/aromatic N) is 2. The SMILES string of the molecule is CNC(=O)CNC(=O)CN1CC2(CCC(NC)(c3ccccc3)CC2)N(CC2CCC2)C1=O. The van der Waals surface area contributed by atoms with Gasteiger partial charge in [-0.1, -0.05) is 36.8 Å². The summed E-state index contributed by atoms with van der Waals surface area (Å²) < 4.78 is 0. The van der Waals surface area contributed by atoms with Crippen molar-refractivity contribution < 1.29 is 14.4 Å². The van der Waals surface area contributed by atoms with E-state index >= 15 is 0 Å². The van der Waals surface area contributed by atoms with E-state index in [9.17, 15) is 14.4 Å². The van der Waals surface area contributed by atoms with Crippen molar-refractivity contribution in [2.75, 3.05) is 40.3 Å². The lowest BCUT2D eigenvalue weighted by molar-refractivity contribution is -0.126. The third kappa shape index (κ3) is 4.71. The fourth-order valence-electron chi connectivity index (χ4n) is 5.72. The van der Waals surface area contributed by atoms with Crippen LogP contribution in [-0.2, 0) is 15.1 Å². The lowest BCUT2D eigenvalue weighted by Crippen LogP contribution is -2.56. The summed E-state index contributed by atoms with van der Waals surface area (Å²) in [5.74, 6) is 0.0194. The van der Waals surface area contributed by atoms with Gasteiger partial charge in [0.1, 0.15) is 6.54 Å².